The van der Waals surface area contributed by atoms with Crippen LogP contribution in [0.1, 0.15) is 11.1 Å². The molecule has 1 amide bonds. The van der Waals surface area contributed by atoms with Crippen molar-refractivity contribution in [3.63, 3.8) is 0 Å². The summed E-state index contributed by atoms with van der Waals surface area (Å²) in [7, 11) is -4.10. The lowest BCUT2D eigenvalue weighted by atomic mass is 10.1. The number of nitro benzene ring substituents is 1. The number of benzene rings is 3. The fraction of sp³-hybridized carbons (Fsp3) is 0.0435. The van der Waals surface area contributed by atoms with E-state index < -0.39 is 20.9 Å². The maximum absolute atomic E-state index is 12.7. The Balaban J connectivity index is 1.88. The second kappa shape index (κ2) is 10.8. The molecule has 0 saturated heterocycles. The molecule has 0 bridgehead atoms. The Labute approximate surface area is 217 Å². The van der Waals surface area contributed by atoms with E-state index in [0.29, 0.717) is 11.1 Å². The normalized spacial score (nSPS) is 11.4. The van der Waals surface area contributed by atoms with E-state index in [1.807, 2.05) is 0 Å². The fourth-order valence-corrected chi connectivity index (χ4v) is 5.43. The van der Waals surface area contributed by atoms with Gasteiger partial charge in [-0.05, 0) is 80.3 Å². The number of carbonyl (C=O) groups is 1. The highest BCUT2D eigenvalue weighted by atomic mass is 79.9. The maximum atomic E-state index is 12.7. The van der Waals surface area contributed by atoms with Gasteiger partial charge in [-0.25, -0.2) is 0 Å². The van der Waals surface area contributed by atoms with E-state index in [-0.39, 0.29) is 36.5 Å². The van der Waals surface area contributed by atoms with Crippen molar-refractivity contribution in [3.8, 4) is 11.8 Å². The van der Waals surface area contributed by atoms with E-state index >= 15 is 0 Å². The van der Waals surface area contributed by atoms with Crippen LogP contribution in [0.25, 0.3) is 6.08 Å². The molecule has 3 rings (SSSR count). The minimum Gasteiger partial charge on any atom is -0.377 e. The zero-order valence-corrected chi connectivity index (χ0v) is 21.8. The monoisotopic (exact) mass is 619 g/mol. The van der Waals surface area contributed by atoms with E-state index in [4.69, 9.17) is 4.18 Å². The van der Waals surface area contributed by atoms with E-state index in [1.54, 1.807) is 31.2 Å². The van der Waals surface area contributed by atoms with Crippen LogP contribution in [0.2, 0.25) is 0 Å². The van der Waals surface area contributed by atoms with Crippen molar-refractivity contribution >= 4 is 65.3 Å². The molecule has 0 heterocycles. The Bertz CT molecular complexity index is 1480. The summed E-state index contributed by atoms with van der Waals surface area (Å²) in [6, 6.07) is 16.4. The number of anilines is 1. The molecule has 3 aromatic rings. The molecule has 1 N–H and O–H groups in total. The lowest BCUT2D eigenvalue weighted by molar-refractivity contribution is -0.384. The molecule has 0 spiro atoms. The third-order valence-corrected chi connectivity index (χ3v) is 7.02. The van der Waals surface area contributed by atoms with Crippen LogP contribution in [-0.4, -0.2) is 19.2 Å². The smallest absolute Gasteiger partial charge is 0.339 e. The molecule has 178 valence electrons. The first kappa shape index (κ1) is 26.1. The predicted molar refractivity (Wildman–Crippen MR) is 136 cm³/mol. The summed E-state index contributed by atoms with van der Waals surface area (Å²) in [4.78, 5) is 23.1. The van der Waals surface area contributed by atoms with Crippen LogP contribution in [0.3, 0.4) is 0 Å². The van der Waals surface area contributed by atoms with E-state index in [2.05, 4.69) is 37.2 Å². The summed E-state index contributed by atoms with van der Waals surface area (Å²) >= 11 is 6.52. The Morgan fingerprint density at radius 1 is 1.11 bits per heavy atom. The van der Waals surface area contributed by atoms with Gasteiger partial charge in [0.15, 0.2) is 5.75 Å². The lowest BCUT2D eigenvalue weighted by Crippen LogP contribution is -2.14. The number of hydrogen-bond donors (Lipinski definition) is 1. The molecular weight excluding hydrogens is 606 g/mol. The van der Waals surface area contributed by atoms with Gasteiger partial charge < -0.3 is 9.50 Å². The number of hydrogen-bond acceptors (Lipinski definition) is 7. The molecular formula is C23H15Br2N3O6S. The highest BCUT2D eigenvalue weighted by Crippen LogP contribution is 2.37. The van der Waals surface area contributed by atoms with Crippen molar-refractivity contribution in [3.05, 3.63) is 96.4 Å². The van der Waals surface area contributed by atoms with E-state index in [0.717, 1.165) is 0 Å². The van der Waals surface area contributed by atoms with Gasteiger partial charge >= 0.3 is 10.1 Å². The Morgan fingerprint density at radius 3 is 2.31 bits per heavy atom. The van der Waals surface area contributed by atoms with Crippen LogP contribution in [0.4, 0.5) is 11.4 Å². The molecule has 0 unspecified atom stereocenters. The molecule has 9 nitrogen and oxygen atoms in total. The number of amides is 1. The average Bonchev–Trinajstić information content (AvgIpc) is 2.81. The van der Waals surface area contributed by atoms with Crippen molar-refractivity contribution in [2.75, 3.05) is 5.32 Å². The Hall–Kier alpha value is -3.53. The summed E-state index contributed by atoms with van der Waals surface area (Å²) < 4.78 is 30.9. The highest BCUT2D eigenvalue weighted by Gasteiger charge is 2.21. The zero-order valence-electron chi connectivity index (χ0n) is 17.9. The Kier molecular flexibility index (Phi) is 8.06. The molecule has 35 heavy (non-hydrogen) atoms. The van der Waals surface area contributed by atoms with Gasteiger partial charge in [-0.2, -0.15) is 13.7 Å². The first-order valence-electron chi connectivity index (χ1n) is 9.68. The van der Waals surface area contributed by atoms with Crippen molar-refractivity contribution in [2.24, 2.45) is 0 Å². The summed E-state index contributed by atoms with van der Waals surface area (Å²) in [5.41, 5.74) is 0.675. The second-order valence-electron chi connectivity index (χ2n) is 7.04. The number of rotatable bonds is 7. The number of carbonyl (C=O) groups excluding carboxylic acids is 1. The number of halogens is 2. The van der Waals surface area contributed by atoms with Crippen molar-refractivity contribution < 1.29 is 22.3 Å². The minimum atomic E-state index is -4.10. The fourth-order valence-electron chi connectivity index (χ4n) is 2.85. The van der Waals surface area contributed by atoms with Gasteiger partial charge in [-0.3, -0.25) is 14.9 Å². The number of nitriles is 1. The molecule has 3 aromatic carbocycles. The van der Waals surface area contributed by atoms with Gasteiger partial charge in [0.25, 0.3) is 11.6 Å². The second-order valence-corrected chi connectivity index (χ2v) is 10.3. The molecule has 0 aliphatic carbocycles. The van der Waals surface area contributed by atoms with Crippen LogP contribution in [0.5, 0.6) is 5.75 Å². The third-order valence-electron chi connectivity index (χ3n) is 4.60. The molecule has 0 aliphatic heterocycles. The predicted octanol–water partition coefficient (Wildman–Crippen LogP) is 5.74. The SMILES string of the molecule is Cc1ccc([N+](=O)[O-])cc1NC(=O)/C(C#N)=C/c1cc(Br)c(OS(=O)(=O)c2ccccc2)c(Br)c1. The summed E-state index contributed by atoms with van der Waals surface area (Å²) in [6.07, 6.45) is 1.28. The standard InChI is InChI=1S/C23H15Br2N3O6S/c1-14-7-8-17(28(30)31)12-21(14)27-23(29)16(13-26)9-15-10-19(24)22(20(25)11-15)34-35(32,33)18-5-3-2-4-6-18/h2-12H,1H3,(H,27,29)/b16-9+. The Morgan fingerprint density at radius 2 is 1.74 bits per heavy atom. The topological polar surface area (TPSA) is 139 Å². The van der Waals surface area contributed by atoms with Gasteiger partial charge in [0, 0.05) is 12.1 Å². The van der Waals surface area contributed by atoms with Gasteiger partial charge in [-0.15, -0.1) is 0 Å². The molecule has 12 heteroatoms. The van der Waals surface area contributed by atoms with Crippen LogP contribution in [0, 0.1) is 28.4 Å². The summed E-state index contributed by atoms with van der Waals surface area (Å²) in [5, 5.41) is 23.0. The lowest BCUT2D eigenvalue weighted by Gasteiger charge is -2.12. The number of nitrogens with zero attached hydrogens (tertiary/aromatic N) is 2. The third kappa shape index (κ3) is 6.33. The summed E-state index contributed by atoms with van der Waals surface area (Å²) in [6.45, 7) is 1.66. The minimum absolute atomic E-state index is 0.0128. The molecule has 0 fully saturated rings. The van der Waals surface area contributed by atoms with E-state index in [1.165, 1.54) is 48.5 Å². The molecule has 0 atom stereocenters. The highest BCUT2D eigenvalue weighted by molar-refractivity contribution is 9.11. The first-order chi connectivity index (χ1) is 16.5. The average molecular weight is 621 g/mol. The molecule has 0 saturated carbocycles. The molecule has 0 aromatic heterocycles. The summed E-state index contributed by atoms with van der Waals surface area (Å²) in [5.74, 6) is -0.781. The van der Waals surface area contributed by atoms with Gasteiger partial charge in [0.2, 0.25) is 0 Å². The van der Waals surface area contributed by atoms with Crippen LogP contribution < -0.4 is 9.50 Å². The largest absolute Gasteiger partial charge is 0.377 e. The van der Waals surface area contributed by atoms with Gasteiger partial charge in [-0.1, -0.05) is 24.3 Å². The number of non-ortho nitro benzene ring substituents is 1. The van der Waals surface area contributed by atoms with Crippen LogP contribution in [0.15, 0.2) is 80.1 Å². The van der Waals surface area contributed by atoms with Crippen LogP contribution >= 0.6 is 31.9 Å². The number of aryl methyl sites for hydroxylation is 1. The van der Waals surface area contributed by atoms with Crippen molar-refractivity contribution in [1.29, 1.82) is 5.26 Å². The first-order valence-corrected chi connectivity index (χ1v) is 12.7. The van der Waals surface area contributed by atoms with Crippen molar-refractivity contribution in [1.82, 2.24) is 0 Å². The van der Waals surface area contributed by atoms with E-state index in [9.17, 15) is 28.6 Å². The molecule has 0 radical (unpaired) electrons. The molecule has 0 aliphatic rings. The number of nitrogens with one attached hydrogen (secondary N) is 1. The van der Waals surface area contributed by atoms with Gasteiger partial charge in [0.05, 0.1) is 19.6 Å². The quantitative estimate of drug-likeness (QED) is 0.117. The van der Waals surface area contributed by atoms with Crippen molar-refractivity contribution in [2.45, 2.75) is 11.8 Å². The van der Waals surface area contributed by atoms with Gasteiger partial charge in [0.1, 0.15) is 16.5 Å². The van der Waals surface area contributed by atoms with Crippen LogP contribution in [-0.2, 0) is 14.9 Å². The maximum Gasteiger partial charge on any atom is 0.339 e. The zero-order chi connectivity index (χ0) is 25.8. The number of nitro groups is 1.